The first kappa shape index (κ1) is 18.2. The molecular formula is C22H21ClN2O. The van der Waals surface area contributed by atoms with Crippen molar-refractivity contribution in [2.24, 2.45) is 0 Å². The molecule has 1 amide bonds. The predicted octanol–water partition coefficient (Wildman–Crippen LogP) is 5.11. The van der Waals surface area contributed by atoms with E-state index >= 15 is 0 Å². The fraction of sp³-hybridized carbons (Fsp3) is 0.182. The SMILES string of the molecule is CN(CCCc1ccc(Cl)cn1)C(=O)c1ccccc1-c1ccccc1. The second kappa shape index (κ2) is 8.63. The summed E-state index contributed by atoms with van der Waals surface area (Å²) in [6.45, 7) is 0.673. The van der Waals surface area contributed by atoms with E-state index in [9.17, 15) is 4.79 Å². The number of aryl methyl sites for hydroxylation is 1. The van der Waals surface area contributed by atoms with Gasteiger partial charge in [0.1, 0.15) is 0 Å². The van der Waals surface area contributed by atoms with Gasteiger partial charge in [0.25, 0.3) is 5.91 Å². The Bertz CT molecular complexity index is 863. The highest BCUT2D eigenvalue weighted by Gasteiger charge is 2.16. The van der Waals surface area contributed by atoms with E-state index in [4.69, 9.17) is 11.6 Å². The molecule has 3 nitrogen and oxygen atoms in total. The molecule has 4 heteroatoms. The summed E-state index contributed by atoms with van der Waals surface area (Å²) < 4.78 is 0. The second-order valence-corrected chi connectivity index (χ2v) is 6.65. The Morgan fingerprint density at radius 1 is 1.00 bits per heavy atom. The van der Waals surface area contributed by atoms with Crippen molar-refractivity contribution in [1.29, 1.82) is 0 Å². The van der Waals surface area contributed by atoms with Gasteiger partial charge in [0.15, 0.2) is 0 Å². The Kier molecular flexibility index (Phi) is 6.03. The van der Waals surface area contributed by atoms with Crippen molar-refractivity contribution in [2.45, 2.75) is 12.8 Å². The smallest absolute Gasteiger partial charge is 0.254 e. The number of pyridine rings is 1. The molecule has 0 radical (unpaired) electrons. The summed E-state index contributed by atoms with van der Waals surface area (Å²) >= 11 is 5.86. The van der Waals surface area contributed by atoms with E-state index in [0.717, 1.165) is 35.2 Å². The molecule has 2 aromatic carbocycles. The van der Waals surface area contributed by atoms with Crippen LogP contribution >= 0.6 is 11.6 Å². The molecule has 0 atom stereocenters. The van der Waals surface area contributed by atoms with Crippen LogP contribution in [0.4, 0.5) is 0 Å². The zero-order valence-electron chi connectivity index (χ0n) is 14.7. The molecule has 0 fully saturated rings. The van der Waals surface area contributed by atoms with Crippen molar-refractivity contribution >= 4 is 17.5 Å². The van der Waals surface area contributed by atoms with Gasteiger partial charge >= 0.3 is 0 Å². The molecule has 3 rings (SSSR count). The van der Waals surface area contributed by atoms with Crippen LogP contribution in [0.2, 0.25) is 5.02 Å². The predicted molar refractivity (Wildman–Crippen MR) is 106 cm³/mol. The van der Waals surface area contributed by atoms with Crippen LogP contribution in [0.5, 0.6) is 0 Å². The van der Waals surface area contributed by atoms with Crippen molar-refractivity contribution in [2.75, 3.05) is 13.6 Å². The summed E-state index contributed by atoms with van der Waals surface area (Å²) in [5.74, 6) is 0.0357. The second-order valence-electron chi connectivity index (χ2n) is 6.21. The maximum Gasteiger partial charge on any atom is 0.254 e. The molecule has 0 aliphatic rings. The Hall–Kier alpha value is -2.65. The first-order valence-electron chi connectivity index (χ1n) is 8.65. The van der Waals surface area contributed by atoms with E-state index in [0.29, 0.717) is 11.6 Å². The lowest BCUT2D eigenvalue weighted by Gasteiger charge is -2.19. The molecule has 1 heterocycles. The average Bonchev–Trinajstić information content (AvgIpc) is 2.69. The lowest BCUT2D eigenvalue weighted by molar-refractivity contribution is 0.0794. The number of nitrogens with zero attached hydrogens (tertiary/aromatic N) is 2. The van der Waals surface area contributed by atoms with Crippen molar-refractivity contribution in [3.8, 4) is 11.1 Å². The van der Waals surface area contributed by atoms with Crippen molar-refractivity contribution in [1.82, 2.24) is 9.88 Å². The topological polar surface area (TPSA) is 33.2 Å². The van der Waals surface area contributed by atoms with Gasteiger partial charge in [-0.05, 0) is 42.2 Å². The number of carbonyl (C=O) groups excluding carboxylic acids is 1. The van der Waals surface area contributed by atoms with E-state index in [1.54, 1.807) is 11.1 Å². The van der Waals surface area contributed by atoms with Gasteiger partial charge in [-0.3, -0.25) is 9.78 Å². The first-order chi connectivity index (χ1) is 12.6. The number of benzene rings is 2. The molecule has 0 saturated carbocycles. The lowest BCUT2D eigenvalue weighted by atomic mass is 9.99. The third-order valence-electron chi connectivity index (χ3n) is 4.30. The highest BCUT2D eigenvalue weighted by Crippen LogP contribution is 2.24. The number of aromatic nitrogens is 1. The summed E-state index contributed by atoms with van der Waals surface area (Å²) in [7, 11) is 1.85. The first-order valence-corrected chi connectivity index (χ1v) is 9.03. The zero-order chi connectivity index (χ0) is 18.4. The molecule has 3 aromatic rings. The fourth-order valence-corrected chi connectivity index (χ4v) is 3.01. The largest absolute Gasteiger partial charge is 0.342 e. The Morgan fingerprint density at radius 2 is 1.73 bits per heavy atom. The van der Waals surface area contributed by atoms with Crippen LogP contribution in [-0.2, 0) is 6.42 Å². The van der Waals surface area contributed by atoms with Crippen LogP contribution in [0.15, 0.2) is 72.9 Å². The van der Waals surface area contributed by atoms with Gasteiger partial charge < -0.3 is 4.90 Å². The molecule has 1 aromatic heterocycles. The number of carbonyl (C=O) groups is 1. The standard InChI is InChI=1S/C22H21ClN2O/c1-25(15-7-10-19-14-13-18(23)16-24-19)22(26)21-12-6-5-11-20(21)17-8-3-2-4-9-17/h2-6,8-9,11-14,16H,7,10,15H2,1H3. The number of hydrogen-bond acceptors (Lipinski definition) is 2. The molecule has 0 bridgehead atoms. The van der Waals surface area contributed by atoms with Crippen LogP contribution in [0.25, 0.3) is 11.1 Å². The molecule has 0 saturated heterocycles. The molecule has 0 aliphatic carbocycles. The quantitative estimate of drug-likeness (QED) is 0.609. The van der Waals surface area contributed by atoms with Crippen LogP contribution in [0, 0.1) is 0 Å². The summed E-state index contributed by atoms with van der Waals surface area (Å²) in [5.41, 5.74) is 3.73. The highest BCUT2D eigenvalue weighted by molar-refractivity contribution is 6.30. The number of hydrogen-bond donors (Lipinski definition) is 0. The van der Waals surface area contributed by atoms with Gasteiger partial charge in [-0.1, -0.05) is 60.1 Å². The number of rotatable bonds is 6. The van der Waals surface area contributed by atoms with Crippen LogP contribution in [0.3, 0.4) is 0 Å². The van der Waals surface area contributed by atoms with Crippen molar-refractivity contribution < 1.29 is 4.79 Å². The summed E-state index contributed by atoms with van der Waals surface area (Å²) in [4.78, 5) is 19.0. The zero-order valence-corrected chi connectivity index (χ0v) is 15.5. The Labute approximate surface area is 159 Å². The molecule has 0 unspecified atom stereocenters. The maximum absolute atomic E-state index is 12.9. The average molecular weight is 365 g/mol. The normalized spacial score (nSPS) is 10.5. The maximum atomic E-state index is 12.9. The lowest BCUT2D eigenvalue weighted by Crippen LogP contribution is -2.28. The Balaban J connectivity index is 1.66. The van der Waals surface area contributed by atoms with Crippen LogP contribution in [-0.4, -0.2) is 29.4 Å². The summed E-state index contributed by atoms with van der Waals surface area (Å²) in [6.07, 6.45) is 3.32. The van der Waals surface area contributed by atoms with Crippen LogP contribution < -0.4 is 0 Å². The van der Waals surface area contributed by atoms with Gasteiger partial charge in [0.2, 0.25) is 0 Å². The van der Waals surface area contributed by atoms with Crippen molar-refractivity contribution in [3.63, 3.8) is 0 Å². The summed E-state index contributed by atoms with van der Waals surface area (Å²) in [5, 5.41) is 0.638. The van der Waals surface area contributed by atoms with Gasteiger partial charge in [0, 0.05) is 31.0 Å². The van der Waals surface area contributed by atoms with Gasteiger partial charge in [-0.15, -0.1) is 0 Å². The monoisotopic (exact) mass is 364 g/mol. The van der Waals surface area contributed by atoms with Crippen molar-refractivity contribution in [3.05, 3.63) is 89.2 Å². The van der Waals surface area contributed by atoms with Crippen LogP contribution in [0.1, 0.15) is 22.5 Å². The molecule has 132 valence electrons. The number of halogens is 1. The third kappa shape index (κ3) is 4.50. The third-order valence-corrected chi connectivity index (χ3v) is 4.53. The molecule has 0 N–H and O–H groups in total. The van der Waals surface area contributed by atoms with Gasteiger partial charge in [0.05, 0.1) is 5.02 Å². The minimum absolute atomic E-state index is 0.0357. The Morgan fingerprint density at radius 3 is 2.46 bits per heavy atom. The molecule has 0 aliphatic heterocycles. The summed E-state index contributed by atoms with van der Waals surface area (Å²) in [6, 6.07) is 21.5. The van der Waals surface area contributed by atoms with E-state index in [1.807, 2.05) is 73.8 Å². The van der Waals surface area contributed by atoms with E-state index in [2.05, 4.69) is 4.98 Å². The van der Waals surface area contributed by atoms with Gasteiger partial charge in [-0.2, -0.15) is 0 Å². The number of amides is 1. The minimum atomic E-state index is 0.0357. The molecule has 0 spiro atoms. The molecule has 26 heavy (non-hydrogen) atoms. The van der Waals surface area contributed by atoms with Gasteiger partial charge in [-0.25, -0.2) is 0 Å². The van der Waals surface area contributed by atoms with E-state index in [1.165, 1.54) is 0 Å². The minimum Gasteiger partial charge on any atom is -0.342 e. The fourth-order valence-electron chi connectivity index (χ4n) is 2.90. The molecular weight excluding hydrogens is 344 g/mol. The van der Waals surface area contributed by atoms with E-state index in [-0.39, 0.29) is 5.91 Å². The van der Waals surface area contributed by atoms with E-state index < -0.39 is 0 Å². The highest BCUT2D eigenvalue weighted by atomic mass is 35.5.